The van der Waals surface area contributed by atoms with Crippen LogP contribution in [0.15, 0.2) is 24.3 Å². The van der Waals surface area contributed by atoms with Gasteiger partial charge < -0.3 is 9.80 Å². The number of hydrogen-bond donors (Lipinski definition) is 0. The Morgan fingerprint density at radius 3 is 2.22 bits per heavy atom. The van der Waals surface area contributed by atoms with Crippen LogP contribution in [0.3, 0.4) is 0 Å². The van der Waals surface area contributed by atoms with E-state index in [1.54, 1.807) is 17.0 Å². The third kappa shape index (κ3) is 3.54. The number of amides is 2. The molecule has 2 amide bonds. The average molecular weight is 318 g/mol. The van der Waals surface area contributed by atoms with Gasteiger partial charge in [-0.1, -0.05) is 0 Å². The molecule has 2 aliphatic rings. The first-order valence-corrected chi connectivity index (χ1v) is 8.46. The molecule has 2 fully saturated rings. The number of nitrogens with zero attached hydrogens (tertiary/aromatic N) is 2. The molecular weight excluding hydrogens is 295 g/mol. The van der Waals surface area contributed by atoms with E-state index in [9.17, 15) is 14.0 Å². The van der Waals surface area contributed by atoms with Crippen molar-refractivity contribution in [1.29, 1.82) is 0 Å². The van der Waals surface area contributed by atoms with Crippen molar-refractivity contribution in [1.82, 2.24) is 4.90 Å². The summed E-state index contributed by atoms with van der Waals surface area (Å²) in [5.74, 6) is 0.237. The van der Waals surface area contributed by atoms with Crippen molar-refractivity contribution in [3.05, 3.63) is 30.1 Å². The van der Waals surface area contributed by atoms with Gasteiger partial charge in [0.2, 0.25) is 11.8 Å². The molecule has 23 heavy (non-hydrogen) atoms. The molecule has 4 nitrogen and oxygen atoms in total. The molecular formula is C18H23FN2O2. The first kappa shape index (κ1) is 16.0. The van der Waals surface area contributed by atoms with Crippen LogP contribution in [0.25, 0.3) is 0 Å². The molecule has 1 saturated carbocycles. The van der Waals surface area contributed by atoms with Crippen LogP contribution < -0.4 is 4.90 Å². The van der Waals surface area contributed by atoms with Gasteiger partial charge in [-0.25, -0.2) is 4.39 Å². The van der Waals surface area contributed by atoms with Gasteiger partial charge in [-0.15, -0.1) is 0 Å². The van der Waals surface area contributed by atoms with Crippen molar-refractivity contribution < 1.29 is 14.0 Å². The molecule has 0 bridgehead atoms. The Kier molecular flexibility index (Phi) is 4.64. The third-order valence-electron chi connectivity index (χ3n) is 4.80. The van der Waals surface area contributed by atoms with Gasteiger partial charge in [-0.3, -0.25) is 9.59 Å². The fourth-order valence-electron chi connectivity index (χ4n) is 3.24. The van der Waals surface area contributed by atoms with Crippen LogP contribution in [0.1, 0.15) is 32.6 Å². The third-order valence-corrected chi connectivity index (χ3v) is 4.80. The maximum Gasteiger partial charge on any atom is 0.230 e. The fraction of sp³-hybridized carbons (Fsp3) is 0.556. The molecule has 3 rings (SSSR count). The number of halogens is 1. The van der Waals surface area contributed by atoms with Crippen molar-refractivity contribution in [3.8, 4) is 0 Å². The van der Waals surface area contributed by atoms with Crippen molar-refractivity contribution in [2.45, 2.75) is 32.6 Å². The lowest BCUT2D eigenvalue weighted by molar-refractivity contribution is -0.136. The van der Waals surface area contributed by atoms with E-state index in [0.717, 1.165) is 31.4 Å². The Morgan fingerprint density at radius 1 is 1.09 bits per heavy atom. The minimum atomic E-state index is -0.302. The molecule has 1 aromatic rings. The number of rotatable bonds is 4. The van der Waals surface area contributed by atoms with E-state index >= 15 is 0 Å². The predicted molar refractivity (Wildman–Crippen MR) is 86.5 cm³/mol. The molecule has 0 spiro atoms. The topological polar surface area (TPSA) is 40.6 Å². The summed E-state index contributed by atoms with van der Waals surface area (Å²) in [7, 11) is 0. The van der Waals surface area contributed by atoms with Crippen LogP contribution >= 0.6 is 0 Å². The number of piperidine rings is 1. The zero-order valence-electron chi connectivity index (χ0n) is 13.5. The predicted octanol–water partition coefficient (Wildman–Crippen LogP) is 2.83. The van der Waals surface area contributed by atoms with Gasteiger partial charge in [-0.2, -0.15) is 0 Å². The van der Waals surface area contributed by atoms with Gasteiger partial charge in [0.05, 0.1) is 0 Å². The van der Waals surface area contributed by atoms with E-state index in [1.807, 2.05) is 11.8 Å². The second kappa shape index (κ2) is 6.69. The number of likely N-dealkylation sites (tertiary alicyclic amines) is 1. The minimum absolute atomic E-state index is 0.0525. The first-order valence-electron chi connectivity index (χ1n) is 8.46. The summed E-state index contributed by atoms with van der Waals surface area (Å²) in [5, 5.41) is 0. The normalized spacial score (nSPS) is 18.8. The molecule has 0 radical (unpaired) electrons. The zero-order chi connectivity index (χ0) is 16.4. The molecule has 0 aromatic heterocycles. The van der Waals surface area contributed by atoms with Crippen LogP contribution in [0, 0.1) is 17.7 Å². The molecule has 0 N–H and O–H groups in total. The highest BCUT2D eigenvalue weighted by atomic mass is 19.1. The highest BCUT2D eigenvalue weighted by Gasteiger charge is 2.36. The molecule has 1 heterocycles. The lowest BCUT2D eigenvalue weighted by Crippen LogP contribution is -2.45. The fourth-order valence-corrected chi connectivity index (χ4v) is 3.24. The number of carbonyl (C=O) groups excluding carboxylic acids is 2. The molecule has 0 unspecified atom stereocenters. The summed E-state index contributed by atoms with van der Waals surface area (Å²) in [6, 6.07) is 6.04. The summed E-state index contributed by atoms with van der Waals surface area (Å²) in [4.78, 5) is 28.5. The monoisotopic (exact) mass is 318 g/mol. The summed E-state index contributed by atoms with van der Waals surface area (Å²) < 4.78 is 13.1. The van der Waals surface area contributed by atoms with Gasteiger partial charge in [0.15, 0.2) is 0 Å². The zero-order valence-corrected chi connectivity index (χ0v) is 13.5. The van der Waals surface area contributed by atoms with E-state index in [-0.39, 0.29) is 29.5 Å². The van der Waals surface area contributed by atoms with Crippen LogP contribution in [0.5, 0.6) is 0 Å². The Bertz CT molecular complexity index is 575. The highest BCUT2D eigenvalue weighted by Crippen LogP contribution is 2.33. The minimum Gasteiger partial charge on any atom is -0.342 e. The van der Waals surface area contributed by atoms with Crippen molar-refractivity contribution in [2.75, 3.05) is 24.5 Å². The van der Waals surface area contributed by atoms with Gasteiger partial charge >= 0.3 is 0 Å². The maximum atomic E-state index is 13.1. The Balaban J connectivity index is 1.61. The summed E-state index contributed by atoms with van der Waals surface area (Å²) in [5.41, 5.74) is 0.732. The number of anilines is 1. The number of carbonyl (C=O) groups is 2. The van der Waals surface area contributed by atoms with E-state index in [1.165, 1.54) is 12.1 Å². The van der Waals surface area contributed by atoms with E-state index < -0.39 is 0 Å². The first-order chi connectivity index (χ1) is 11.1. The molecule has 124 valence electrons. The Morgan fingerprint density at radius 2 is 1.70 bits per heavy atom. The standard InChI is InChI=1S/C18H23FN2O2/c1-2-21(16-7-5-15(19)6-8-16)18(23)14-9-11-20(12-10-14)17(22)13-3-4-13/h5-8,13-14H,2-4,9-12H2,1H3. The molecule has 0 atom stereocenters. The number of benzene rings is 1. The Hall–Kier alpha value is -1.91. The van der Waals surface area contributed by atoms with E-state index in [0.29, 0.717) is 19.6 Å². The summed E-state index contributed by atoms with van der Waals surface area (Å²) >= 11 is 0. The Labute approximate surface area is 136 Å². The second-order valence-corrected chi connectivity index (χ2v) is 6.43. The molecule has 1 aliphatic heterocycles. The maximum absolute atomic E-state index is 13.1. The van der Waals surface area contributed by atoms with Gasteiger partial charge in [-0.05, 0) is 56.9 Å². The summed E-state index contributed by atoms with van der Waals surface area (Å²) in [6.45, 7) is 3.83. The van der Waals surface area contributed by atoms with Gasteiger partial charge in [0.25, 0.3) is 0 Å². The molecule has 1 saturated heterocycles. The van der Waals surface area contributed by atoms with Crippen LogP contribution in [0.2, 0.25) is 0 Å². The molecule has 1 aromatic carbocycles. The molecule has 1 aliphatic carbocycles. The van der Waals surface area contributed by atoms with Crippen LogP contribution in [-0.2, 0) is 9.59 Å². The smallest absolute Gasteiger partial charge is 0.230 e. The lowest BCUT2D eigenvalue weighted by Gasteiger charge is -2.34. The largest absolute Gasteiger partial charge is 0.342 e. The molecule has 5 heteroatoms. The van der Waals surface area contributed by atoms with Crippen molar-refractivity contribution in [3.63, 3.8) is 0 Å². The SMILES string of the molecule is CCN(C(=O)C1CCN(C(=O)C2CC2)CC1)c1ccc(F)cc1. The summed E-state index contributed by atoms with van der Waals surface area (Å²) in [6.07, 6.45) is 3.47. The van der Waals surface area contributed by atoms with Crippen molar-refractivity contribution >= 4 is 17.5 Å². The second-order valence-electron chi connectivity index (χ2n) is 6.43. The van der Waals surface area contributed by atoms with E-state index in [4.69, 9.17) is 0 Å². The van der Waals surface area contributed by atoms with Gasteiger partial charge in [0.1, 0.15) is 5.82 Å². The van der Waals surface area contributed by atoms with Crippen LogP contribution in [-0.4, -0.2) is 36.3 Å². The van der Waals surface area contributed by atoms with Gasteiger partial charge in [0, 0.05) is 37.2 Å². The van der Waals surface area contributed by atoms with E-state index in [2.05, 4.69) is 0 Å². The highest BCUT2D eigenvalue weighted by molar-refractivity contribution is 5.95. The lowest BCUT2D eigenvalue weighted by atomic mass is 9.94. The number of hydrogen-bond acceptors (Lipinski definition) is 2. The average Bonchev–Trinajstić information content (AvgIpc) is 3.41. The van der Waals surface area contributed by atoms with Crippen molar-refractivity contribution in [2.24, 2.45) is 11.8 Å². The quantitative estimate of drug-likeness (QED) is 0.856. The van der Waals surface area contributed by atoms with Crippen LogP contribution in [0.4, 0.5) is 10.1 Å².